The van der Waals surface area contributed by atoms with Gasteiger partial charge in [-0.1, -0.05) is 13.0 Å². The van der Waals surface area contributed by atoms with Crippen molar-refractivity contribution in [1.82, 2.24) is 0 Å². The standard InChI is InChI=1S/C12H15FO3/c1-9(12(14)15)4-3-7-16-11-6-2-5-10(13)8-11/h2,5-6,8-9H,3-4,7H2,1H3,(H,14,15). The number of carboxylic acid groups (broad SMARTS) is 1. The second-order valence-corrected chi connectivity index (χ2v) is 3.69. The van der Waals surface area contributed by atoms with Gasteiger partial charge < -0.3 is 9.84 Å². The van der Waals surface area contributed by atoms with E-state index in [2.05, 4.69) is 0 Å². The van der Waals surface area contributed by atoms with Gasteiger partial charge in [-0.05, 0) is 25.0 Å². The van der Waals surface area contributed by atoms with Crippen molar-refractivity contribution in [3.63, 3.8) is 0 Å². The Hall–Kier alpha value is -1.58. The largest absolute Gasteiger partial charge is 0.493 e. The molecule has 0 fully saturated rings. The van der Waals surface area contributed by atoms with Crippen molar-refractivity contribution in [1.29, 1.82) is 0 Å². The topological polar surface area (TPSA) is 46.5 Å². The summed E-state index contributed by atoms with van der Waals surface area (Å²) in [5, 5.41) is 8.64. The zero-order chi connectivity index (χ0) is 12.0. The van der Waals surface area contributed by atoms with Crippen molar-refractivity contribution in [2.24, 2.45) is 5.92 Å². The van der Waals surface area contributed by atoms with E-state index in [4.69, 9.17) is 9.84 Å². The maximum absolute atomic E-state index is 12.8. The molecule has 0 heterocycles. The van der Waals surface area contributed by atoms with Crippen molar-refractivity contribution in [3.05, 3.63) is 30.1 Å². The Labute approximate surface area is 93.9 Å². The first-order valence-electron chi connectivity index (χ1n) is 5.21. The molecule has 0 aliphatic heterocycles. The summed E-state index contributed by atoms with van der Waals surface area (Å²) in [6.07, 6.45) is 1.20. The fourth-order valence-corrected chi connectivity index (χ4v) is 1.26. The molecule has 1 N–H and O–H groups in total. The monoisotopic (exact) mass is 226 g/mol. The number of halogens is 1. The summed E-state index contributed by atoms with van der Waals surface area (Å²) in [6.45, 7) is 2.06. The van der Waals surface area contributed by atoms with Gasteiger partial charge in [-0.3, -0.25) is 4.79 Å². The van der Waals surface area contributed by atoms with Crippen molar-refractivity contribution >= 4 is 5.97 Å². The molecule has 1 rings (SSSR count). The number of rotatable bonds is 6. The van der Waals surface area contributed by atoms with Crippen LogP contribution in [-0.4, -0.2) is 17.7 Å². The normalized spacial score (nSPS) is 12.1. The smallest absolute Gasteiger partial charge is 0.306 e. The van der Waals surface area contributed by atoms with Crippen LogP contribution in [0.25, 0.3) is 0 Å². The number of hydrogen-bond donors (Lipinski definition) is 1. The van der Waals surface area contributed by atoms with Crippen LogP contribution in [0.1, 0.15) is 19.8 Å². The van der Waals surface area contributed by atoms with E-state index in [9.17, 15) is 9.18 Å². The van der Waals surface area contributed by atoms with Crippen LogP contribution in [0.5, 0.6) is 5.75 Å². The molecule has 0 saturated carbocycles. The van der Waals surface area contributed by atoms with Gasteiger partial charge in [0, 0.05) is 6.07 Å². The van der Waals surface area contributed by atoms with Gasteiger partial charge in [0.1, 0.15) is 11.6 Å². The van der Waals surface area contributed by atoms with Crippen LogP contribution in [0.3, 0.4) is 0 Å². The van der Waals surface area contributed by atoms with E-state index in [1.54, 1.807) is 19.1 Å². The lowest BCUT2D eigenvalue weighted by atomic mass is 10.1. The highest BCUT2D eigenvalue weighted by molar-refractivity contribution is 5.69. The first-order chi connectivity index (χ1) is 7.59. The summed E-state index contributed by atoms with van der Waals surface area (Å²) in [6, 6.07) is 5.90. The Kier molecular flexibility index (Phi) is 4.76. The number of carboxylic acids is 1. The second-order valence-electron chi connectivity index (χ2n) is 3.69. The summed E-state index contributed by atoms with van der Waals surface area (Å²) in [7, 11) is 0. The first-order valence-corrected chi connectivity index (χ1v) is 5.21. The van der Waals surface area contributed by atoms with E-state index in [0.29, 0.717) is 25.2 Å². The van der Waals surface area contributed by atoms with Gasteiger partial charge in [-0.2, -0.15) is 0 Å². The van der Waals surface area contributed by atoms with E-state index < -0.39 is 5.97 Å². The van der Waals surface area contributed by atoms with Gasteiger partial charge in [-0.15, -0.1) is 0 Å². The molecule has 88 valence electrons. The molecule has 0 aliphatic rings. The average molecular weight is 226 g/mol. The molecule has 1 atom stereocenters. The highest BCUT2D eigenvalue weighted by Gasteiger charge is 2.09. The number of hydrogen-bond acceptors (Lipinski definition) is 2. The minimum atomic E-state index is -0.800. The van der Waals surface area contributed by atoms with Gasteiger partial charge in [0.25, 0.3) is 0 Å². The van der Waals surface area contributed by atoms with E-state index in [0.717, 1.165) is 0 Å². The van der Waals surface area contributed by atoms with Crippen LogP contribution in [0, 0.1) is 11.7 Å². The molecule has 1 aromatic carbocycles. The average Bonchev–Trinajstić information content (AvgIpc) is 2.24. The molecule has 0 aliphatic carbocycles. The number of ether oxygens (including phenoxy) is 1. The quantitative estimate of drug-likeness (QED) is 0.758. The summed E-state index contributed by atoms with van der Waals surface area (Å²) in [4.78, 5) is 10.5. The Morgan fingerprint density at radius 2 is 2.31 bits per heavy atom. The Bertz CT molecular complexity index is 352. The van der Waals surface area contributed by atoms with Gasteiger partial charge in [0.2, 0.25) is 0 Å². The Morgan fingerprint density at radius 3 is 2.94 bits per heavy atom. The maximum Gasteiger partial charge on any atom is 0.306 e. The molecule has 0 saturated heterocycles. The summed E-state index contributed by atoms with van der Waals surface area (Å²) in [5.41, 5.74) is 0. The molecule has 0 spiro atoms. The number of benzene rings is 1. The van der Waals surface area contributed by atoms with Crippen molar-refractivity contribution < 1.29 is 19.0 Å². The van der Waals surface area contributed by atoms with Crippen LogP contribution >= 0.6 is 0 Å². The highest BCUT2D eigenvalue weighted by atomic mass is 19.1. The molecule has 4 heteroatoms. The summed E-state index contributed by atoms with van der Waals surface area (Å²) in [5.74, 6) is -1.03. The molecular weight excluding hydrogens is 211 g/mol. The molecule has 0 radical (unpaired) electrons. The number of aliphatic carboxylic acids is 1. The third kappa shape index (κ3) is 4.29. The minimum Gasteiger partial charge on any atom is -0.493 e. The highest BCUT2D eigenvalue weighted by Crippen LogP contribution is 2.13. The maximum atomic E-state index is 12.8. The van der Waals surface area contributed by atoms with E-state index in [-0.39, 0.29) is 11.7 Å². The van der Waals surface area contributed by atoms with E-state index in [1.165, 1.54) is 12.1 Å². The predicted molar refractivity (Wildman–Crippen MR) is 57.9 cm³/mol. The van der Waals surface area contributed by atoms with Crippen LogP contribution in [0.2, 0.25) is 0 Å². The van der Waals surface area contributed by atoms with Gasteiger partial charge in [-0.25, -0.2) is 4.39 Å². The van der Waals surface area contributed by atoms with Gasteiger partial charge >= 0.3 is 5.97 Å². The second kappa shape index (κ2) is 6.10. The van der Waals surface area contributed by atoms with Crippen LogP contribution in [-0.2, 0) is 4.79 Å². The lowest BCUT2D eigenvalue weighted by Crippen LogP contribution is -2.10. The predicted octanol–water partition coefficient (Wildman–Crippen LogP) is 2.71. The van der Waals surface area contributed by atoms with Crippen molar-refractivity contribution in [3.8, 4) is 5.75 Å². The summed E-state index contributed by atoms with van der Waals surface area (Å²) < 4.78 is 18.0. The van der Waals surface area contributed by atoms with Crippen LogP contribution in [0.15, 0.2) is 24.3 Å². The van der Waals surface area contributed by atoms with Crippen molar-refractivity contribution in [2.75, 3.05) is 6.61 Å². The van der Waals surface area contributed by atoms with Crippen LogP contribution in [0.4, 0.5) is 4.39 Å². The Morgan fingerprint density at radius 1 is 1.56 bits per heavy atom. The van der Waals surface area contributed by atoms with Gasteiger partial charge in [0.05, 0.1) is 12.5 Å². The third-order valence-corrected chi connectivity index (χ3v) is 2.27. The van der Waals surface area contributed by atoms with Gasteiger partial charge in [0.15, 0.2) is 0 Å². The zero-order valence-electron chi connectivity index (χ0n) is 9.15. The van der Waals surface area contributed by atoms with Crippen molar-refractivity contribution in [2.45, 2.75) is 19.8 Å². The van der Waals surface area contributed by atoms with E-state index in [1.807, 2.05) is 0 Å². The third-order valence-electron chi connectivity index (χ3n) is 2.27. The molecule has 1 aromatic rings. The van der Waals surface area contributed by atoms with E-state index >= 15 is 0 Å². The van der Waals surface area contributed by atoms with Crippen LogP contribution < -0.4 is 4.74 Å². The minimum absolute atomic E-state index is 0.337. The Balaban J connectivity index is 2.23. The molecule has 0 bridgehead atoms. The zero-order valence-corrected chi connectivity index (χ0v) is 9.15. The molecule has 0 aromatic heterocycles. The first kappa shape index (κ1) is 12.5. The fourth-order valence-electron chi connectivity index (χ4n) is 1.26. The molecule has 0 amide bonds. The molecule has 16 heavy (non-hydrogen) atoms. The molecule has 1 unspecified atom stereocenters. The molecular formula is C12H15FO3. The lowest BCUT2D eigenvalue weighted by Gasteiger charge is -2.08. The summed E-state index contributed by atoms with van der Waals surface area (Å²) >= 11 is 0. The fraction of sp³-hybridized carbons (Fsp3) is 0.417. The lowest BCUT2D eigenvalue weighted by molar-refractivity contribution is -0.141. The molecule has 3 nitrogen and oxygen atoms in total. The number of carbonyl (C=O) groups is 1. The SMILES string of the molecule is CC(CCCOc1cccc(F)c1)C(=O)O.